The molecule has 0 atom stereocenters. The molecule has 3 rings (SSSR count). The normalized spacial score (nSPS) is 10.4. The zero-order valence-electron chi connectivity index (χ0n) is 12.2. The lowest BCUT2D eigenvalue weighted by Gasteiger charge is -2.06. The third-order valence-corrected chi connectivity index (χ3v) is 3.03. The van der Waals surface area contributed by atoms with Crippen molar-refractivity contribution >= 4 is 17.6 Å². The van der Waals surface area contributed by atoms with Gasteiger partial charge in [-0.3, -0.25) is 0 Å². The molecule has 0 amide bonds. The number of para-hydroxylation sites is 1. The Morgan fingerprint density at radius 2 is 1.95 bits per heavy atom. The SMILES string of the molecule is CCOc1cccc(Nc2nc(N)n(-c3ccccc3)n2)c1. The van der Waals surface area contributed by atoms with E-state index in [9.17, 15) is 0 Å². The lowest BCUT2D eigenvalue weighted by atomic mass is 10.3. The Bertz CT molecular complexity index is 754. The van der Waals surface area contributed by atoms with E-state index < -0.39 is 0 Å². The van der Waals surface area contributed by atoms with Gasteiger partial charge in [-0.1, -0.05) is 24.3 Å². The molecule has 0 aliphatic rings. The van der Waals surface area contributed by atoms with Crippen LogP contribution < -0.4 is 15.8 Å². The summed E-state index contributed by atoms with van der Waals surface area (Å²) in [5.41, 5.74) is 7.64. The van der Waals surface area contributed by atoms with Gasteiger partial charge in [-0.15, -0.1) is 5.10 Å². The van der Waals surface area contributed by atoms with Crippen LogP contribution in [0.4, 0.5) is 17.6 Å². The minimum absolute atomic E-state index is 0.328. The predicted molar refractivity (Wildman–Crippen MR) is 86.7 cm³/mol. The van der Waals surface area contributed by atoms with Crippen molar-refractivity contribution in [1.82, 2.24) is 14.8 Å². The third-order valence-electron chi connectivity index (χ3n) is 3.03. The Labute approximate surface area is 128 Å². The second-order valence-electron chi connectivity index (χ2n) is 4.63. The number of hydrogen-bond donors (Lipinski definition) is 2. The van der Waals surface area contributed by atoms with E-state index in [1.54, 1.807) is 4.68 Å². The van der Waals surface area contributed by atoms with E-state index in [1.165, 1.54) is 0 Å². The van der Waals surface area contributed by atoms with Crippen LogP contribution in [0.25, 0.3) is 5.69 Å². The molecule has 2 aromatic carbocycles. The van der Waals surface area contributed by atoms with E-state index in [-0.39, 0.29) is 0 Å². The van der Waals surface area contributed by atoms with Gasteiger partial charge in [0.2, 0.25) is 11.9 Å². The molecule has 0 aliphatic heterocycles. The summed E-state index contributed by atoms with van der Waals surface area (Å²) in [6.07, 6.45) is 0. The molecular weight excluding hydrogens is 278 g/mol. The van der Waals surface area contributed by atoms with E-state index in [0.717, 1.165) is 17.1 Å². The van der Waals surface area contributed by atoms with Crippen LogP contribution in [0.3, 0.4) is 0 Å². The zero-order chi connectivity index (χ0) is 15.4. The minimum atomic E-state index is 0.328. The summed E-state index contributed by atoms with van der Waals surface area (Å²) in [6.45, 7) is 2.57. The molecule has 0 spiro atoms. The number of nitrogens with zero attached hydrogens (tertiary/aromatic N) is 3. The van der Waals surface area contributed by atoms with Crippen molar-refractivity contribution in [2.45, 2.75) is 6.92 Å². The van der Waals surface area contributed by atoms with Gasteiger partial charge in [0.05, 0.1) is 12.3 Å². The van der Waals surface area contributed by atoms with Crippen molar-refractivity contribution in [1.29, 1.82) is 0 Å². The summed E-state index contributed by atoms with van der Waals surface area (Å²) in [5.74, 6) is 1.56. The molecule has 0 aliphatic carbocycles. The average molecular weight is 295 g/mol. The van der Waals surface area contributed by atoms with E-state index in [0.29, 0.717) is 18.5 Å². The maximum atomic E-state index is 5.93. The summed E-state index contributed by atoms with van der Waals surface area (Å²) >= 11 is 0. The topological polar surface area (TPSA) is 78.0 Å². The first-order valence-electron chi connectivity index (χ1n) is 7.04. The lowest BCUT2D eigenvalue weighted by molar-refractivity contribution is 0.340. The van der Waals surface area contributed by atoms with Crippen LogP contribution in [-0.4, -0.2) is 21.4 Å². The standard InChI is InChI=1S/C16H17N5O/c1-2-22-14-10-6-7-12(11-14)18-16-19-15(17)21(20-16)13-8-4-3-5-9-13/h3-11H,2H2,1H3,(H3,17,18,19,20). The first kappa shape index (κ1) is 13.9. The Morgan fingerprint density at radius 1 is 1.14 bits per heavy atom. The van der Waals surface area contributed by atoms with Crippen LogP contribution in [0.2, 0.25) is 0 Å². The van der Waals surface area contributed by atoms with Gasteiger partial charge < -0.3 is 15.8 Å². The molecule has 3 aromatic rings. The fourth-order valence-corrected chi connectivity index (χ4v) is 2.10. The van der Waals surface area contributed by atoms with Crippen LogP contribution in [0, 0.1) is 0 Å². The van der Waals surface area contributed by atoms with Crippen LogP contribution in [0.1, 0.15) is 6.92 Å². The molecule has 1 heterocycles. The number of nitrogens with one attached hydrogen (secondary N) is 1. The quantitative estimate of drug-likeness (QED) is 0.756. The molecule has 112 valence electrons. The molecule has 0 bridgehead atoms. The van der Waals surface area contributed by atoms with Crippen molar-refractivity contribution in [2.75, 3.05) is 17.7 Å². The van der Waals surface area contributed by atoms with Gasteiger partial charge in [0.25, 0.3) is 0 Å². The number of nitrogens with two attached hydrogens (primary N) is 1. The number of hydrogen-bond acceptors (Lipinski definition) is 5. The number of anilines is 3. The van der Waals surface area contributed by atoms with Gasteiger partial charge in [-0.25, -0.2) is 0 Å². The number of benzene rings is 2. The minimum Gasteiger partial charge on any atom is -0.494 e. The van der Waals surface area contributed by atoms with E-state index in [1.807, 2.05) is 61.5 Å². The molecule has 6 nitrogen and oxygen atoms in total. The Balaban J connectivity index is 1.83. The predicted octanol–water partition coefficient (Wildman–Crippen LogP) is 2.99. The van der Waals surface area contributed by atoms with Gasteiger partial charge >= 0.3 is 0 Å². The van der Waals surface area contributed by atoms with E-state index >= 15 is 0 Å². The van der Waals surface area contributed by atoms with Gasteiger partial charge in [0.1, 0.15) is 5.75 Å². The van der Waals surface area contributed by atoms with Gasteiger partial charge in [0, 0.05) is 11.8 Å². The molecule has 6 heteroatoms. The Hall–Kier alpha value is -3.02. The molecule has 3 N–H and O–H groups in total. The number of rotatable bonds is 5. The first-order valence-corrected chi connectivity index (χ1v) is 7.04. The zero-order valence-corrected chi connectivity index (χ0v) is 12.2. The van der Waals surface area contributed by atoms with Crippen LogP contribution in [-0.2, 0) is 0 Å². The third kappa shape index (κ3) is 3.01. The summed E-state index contributed by atoms with van der Waals surface area (Å²) in [5, 5.41) is 7.51. The first-order chi connectivity index (χ1) is 10.8. The largest absolute Gasteiger partial charge is 0.494 e. The van der Waals surface area contributed by atoms with Crippen LogP contribution in [0.5, 0.6) is 5.75 Å². The molecule has 0 saturated carbocycles. The van der Waals surface area contributed by atoms with Crippen molar-refractivity contribution in [3.8, 4) is 11.4 Å². The van der Waals surface area contributed by atoms with Crippen molar-refractivity contribution in [3.05, 3.63) is 54.6 Å². The van der Waals surface area contributed by atoms with Crippen LogP contribution in [0.15, 0.2) is 54.6 Å². The fraction of sp³-hybridized carbons (Fsp3) is 0.125. The van der Waals surface area contributed by atoms with Crippen LogP contribution >= 0.6 is 0 Å². The molecule has 0 fully saturated rings. The second kappa shape index (κ2) is 6.17. The van der Waals surface area contributed by atoms with Crippen molar-refractivity contribution in [2.24, 2.45) is 0 Å². The molecule has 22 heavy (non-hydrogen) atoms. The number of ether oxygens (including phenoxy) is 1. The Morgan fingerprint density at radius 3 is 2.73 bits per heavy atom. The molecule has 0 radical (unpaired) electrons. The smallest absolute Gasteiger partial charge is 0.248 e. The number of aromatic nitrogens is 3. The molecular formula is C16H17N5O. The Kier molecular flexibility index (Phi) is 3.91. The van der Waals surface area contributed by atoms with Gasteiger partial charge in [0.15, 0.2) is 0 Å². The molecule has 1 aromatic heterocycles. The maximum Gasteiger partial charge on any atom is 0.248 e. The highest BCUT2D eigenvalue weighted by molar-refractivity contribution is 5.57. The summed E-state index contributed by atoms with van der Waals surface area (Å²) in [6, 6.07) is 17.3. The summed E-state index contributed by atoms with van der Waals surface area (Å²) in [4.78, 5) is 4.24. The molecule has 0 saturated heterocycles. The van der Waals surface area contributed by atoms with Gasteiger partial charge in [-0.2, -0.15) is 9.67 Å². The number of nitrogen functional groups attached to an aromatic ring is 1. The monoisotopic (exact) mass is 295 g/mol. The highest BCUT2D eigenvalue weighted by atomic mass is 16.5. The van der Waals surface area contributed by atoms with E-state index in [2.05, 4.69) is 15.4 Å². The highest BCUT2D eigenvalue weighted by Gasteiger charge is 2.09. The summed E-state index contributed by atoms with van der Waals surface area (Å²) in [7, 11) is 0. The second-order valence-corrected chi connectivity index (χ2v) is 4.63. The average Bonchev–Trinajstić information content (AvgIpc) is 2.89. The van der Waals surface area contributed by atoms with E-state index in [4.69, 9.17) is 10.5 Å². The molecule has 0 unspecified atom stereocenters. The van der Waals surface area contributed by atoms with Crippen molar-refractivity contribution < 1.29 is 4.74 Å². The highest BCUT2D eigenvalue weighted by Crippen LogP contribution is 2.21. The van der Waals surface area contributed by atoms with Gasteiger partial charge in [-0.05, 0) is 31.2 Å². The summed E-state index contributed by atoms with van der Waals surface area (Å²) < 4.78 is 7.06. The lowest BCUT2D eigenvalue weighted by Crippen LogP contribution is -2.02. The fourth-order valence-electron chi connectivity index (χ4n) is 2.10. The van der Waals surface area contributed by atoms with Crippen molar-refractivity contribution in [3.63, 3.8) is 0 Å². The maximum absolute atomic E-state index is 5.93.